The van der Waals surface area contributed by atoms with Crippen molar-refractivity contribution in [2.45, 2.75) is 19.8 Å². The lowest BCUT2D eigenvalue weighted by molar-refractivity contribution is -0.119. The number of amides is 1. The van der Waals surface area contributed by atoms with Crippen molar-refractivity contribution in [3.8, 4) is 0 Å². The summed E-state index contributed by atoms with van der Waals surface area (Å²) in [5, 5.41) is 2.42. The molecule has 1 amide bonds. The van der Waals surface area contributed by atoms with E-state index in [0.717, 1.165) is 25.0 Å². The van der Waals surface area contributed by atoms with E-state index in [2.05, 4.69) is 21.2 Å². The van der Waals surface area contributed by atoms with Gasteiger partial charge in [0.05, 0.1) is 10.2 Å². The van der Waals surface area contributed by atoms with E-state index in [9.17, 15) is 13.6 Å². The summed E-state index contributed by atoms with van der Waals surface area (Å²) in [6.07, 6.45) is 2.07. The Bertz CT molecular complexity index is 460. The Kier molecular flexibility index (Phi) is 3.47. The molecule has 1 fully saturated rings. The smallest absolute Gasteiger partial charge is 0.227 e. The summed E-state index contributed by atoms with van der Waals surface area (Å²) in [5.41, 5.74) is -0.108. The topological polar surface area (TPSA) is 29.1 Å². The van der Waals surface area contributed by atoms with Crippen LogP contribution in [0.15, 0.2) is 16.6 Å². The van der Waals surface area contributed by atoms with Crippen LogP contribution in [0.1, 0.15) is 19.8 Å². The molecule has 5 heteroatoms. The van der Waals surface area contributed by atoms with Gasteiger partial charge in [-0.3, -0.25) is 4.79 Å². The quantitative estimate of drug-likeness (QED) is 0.847. The van der Waals surface area contributed by atoms with Gasteiger partial charge in [-0.2, -0.15) is 0 Å². The summed E-state index contributed by atoms with van der Waals surface area (Å²) in [6, 6.07) is 1.99. The molecule has 0 bridgehead atoms. The Morgan fingerprint density at radius 3 is 2.65 bits per heavy atom. The van der Waals surface area contributed by atoms with Crippen molar-refractivity contribution in [3.63, 3.8) is 0 Å². The van der Waals surface area contributed by atoms with Crippen molar-refractivity contribution in [2.24, 2.45) is 11.8 Å². The molecule has 1 saturated carbocycles. The van der Waals surface area contributed by atoms with Gasteiger partial charge in [-0.15, -0.1) is 0 Å². The predicted molar refractivity (Wildman–Crippen MR) is 64.6 cm³/mol. The molecule has 17 heavy (non-hydrogen) atoms. The van der Waals surface area contributed by atoms with E-state index in [1.165, 1.54) is 0 Å². The van der Waals surface area contributed by atoms with Gasteiger partial charge in [0.2, 0.25) is 5.91 Å². The Hall–Kier alpha value is -0.970. The largest absolute Gasteiger partial charge is 0.323 e. The van der Waals surface area contributed by atoms with Gasteiger partial charge in [-0.25, -0.2) is 8.78 Å². The molecule has 0 saturated heterocycles. The normalized spacial score (nSPS) is 16.7. The Balaban J connectivity index is 2.12. The first-order chi connectivity index (χ1) is 7.99. The van der Waals surface area contributed by atoms with Gasteiger partial charge in [0.15, 0.2) is 0 Å². The number of rotatable bonds is 3. The highest BCUT2D eigenvalue weighted by molar-refractivity contribution is 9.10. The number of nitrogens with one attached hydrogen (secondary N) is 1. The lowest BCUT2D eigenvalue weighted by Gasteiger charge is -2.12. The minimum Gasteiger partial charge on any atom is -0.323 e. The van der Waals surface area contributed by atoms with E-state index < -0.39 is 11.6 Å². The zero-order valence-electron chi connectivity index (χ0n) is 9.27. The summed E-state index contributed by atoms with van der Waals surface area (Å²) >= 11 is 2.88. The van der Waals surface area contributed by atoms with E-state index in [1.54, 1.807) is 6.92 Å². The molecule has 1 aliphatic carbocycles. The Morgan fingerprint density at radius 1 is 1.41 bits per heavy atom. The molecule has 1 aliphatic rings. The number of hydrogen-bond donors (Lipinski definition) is 1. The summed E-state index contributed by atoms with van der Waals surface area (Å²) < 4.78 is 26.7. The first-order valence-electron chi connectivity index (χ1n) is 5.44. The fourth-order valence-corrected chi connectivity index (χ4v) is 1.99. The van der Waals surface area contributed by atoms with Crippen LogP contribution in [0.2, 0.25) is 0 Å². The SMILES string of the molecule is CC(C(=O)Nc1cc(F)c(Br)cc1F)C1CC1. The predicted octanol–water partition coefficient (Wildman–Crippen LogP) is 3.71. The number of anilines is 1. The molecule has 1 unspecified atom stereocenters. The molecule has 0 aliphatic heterocycles. The molecule has 2 nitrogen and oxygen atoms in total. The number of hydrogen-bond acceptors (Lipinski definition) is 1. The Labute approximate surface area is 107 Å². The van der Waals surface area contributed by atoms with Gasteiger partial charge in [-0.05, 0) is 40.8 Å². The van der Waals surface area contributed by atoms with Crippen LogP contribution in [0.4, 0.5) is 14.5 Å². The van der Waals surface area contributed by atoms with Crippen LogP contribution in [0, 0.1) is 23.5 Å². The van der Waals surface area contributed by atoms with Gasteiger partial charge in [-0.1, -0.05) is 6.92 Å². The fourth-order valence-electron chi connectivity index (χ4n) is 1.68. The van der Waals surface area contributed by atoms with Crippen LogP contribution in [-0.4, -0.2) is 5.91 Å². The summed E-state index contributed by atoms with van der Waals surface area (Å²) in [7, 11) is 0. The molecular weight excluding hydrogens is 292 g/mol. The molecule has 2 rings (SSSR count). The van der Waals surface area contributed by atoms with Crippen LogP contribution in [-0.2, 0) is 4.79 Å². The van der Waals surface area contributed by atoms with Gasteiger partial charge < -0.3 is 5.32 Å². The van der Waals surface area contributed by atoms with Crippen LogP contribution in [0.25, 0.3) is 0 Å². The molecule has 1 atom stereocenters. The molecule has 0 spiro atoms. The maximum atomic E-state index is 13.5. The number of carbonyl (C=O) groups is 1. The van der Waals surface area contributed by atoms with Crippen molar-refractivity contribution < 1.29 is 13.6 Å². The van der Waals surface area contributed by atoms with Gasteiger partial charge in [0.25, 0.3) is 0 Å². The van der Waals surface area contributed by atoms with E-state index in [4.69, 9.17) is 0 Å². The minimum atomic E-state index is -0.644. The van der Waals surface area contributed by atoms with Crippen molar-refractivity contribution in [1.29, 1.82) is 0 Å². The lowest BCUT2D eigenvalue weighted by Crippen LogP contribution is -2.22. The number of halogens is 3. The third-order valence-electron chi connectivity index (χ3n) is 3.01. The van der Waals surface area contributed by atoms with Crippen molar-refractivity contribution in [1.82, 2.24) is 0 Å². The lowest BCUT2D eigenvalue weighted by atomic mass is 10.1. The maximum Gasteiger partial charge on any atom is 0.227 e. The van der Waals surface area contributed by atoms with Gasteiger partial charge >= 0.3 is 0 Å². The van der Waals surface area contributed by atoms with Crippen LogP contribution in [0.3, 0.4) is 0 Å². The second kappa shape index (κ2) is 4.72. The van der Waals surface area contributed by atoms with E-state index in [1.807, 2.05) is 0 Å². The average molecular weight is 304 g/mol. The molecular formula is C12H12BrF2NO. The molecule has 0 heterocycles. The average Bonchev–Trinajstić information content (AvgIpc) is 3.08. The first-order valence-corrected chi connectivity index (χ1v) is 6.23. The monoisotopic (exact) mass is 303 g/mol. The van der Waals surface area contributed by atoms with E-state index in [0.29, 0.717) is 5.92 Å². The fraction of sp³-hybridized carbons (Fsp3) is 0.417. The van der Waals surface area contributed by atoms with Crippen molar-refractivity contribution in [2.75, 3.05) is 5.32 Å². The zero-order chi connectivity index (χ0) is 12.6. The molecule has 92 valence electrons. The highest BCUT2D eigenvalue weighted by Gasteiger charge is 2.32. The molecule has 0 aromatic heterocycles. The second-order valence-electron chi connectivity index (χ2n) is 4.36. The third-order valence-corrected chi connectivity index (χ3v) is 3.62. The first kappa shape index (κ1) is 12.5. The van der Waals surface area contributed by atoms with E-state index in [-0.39, 0.29) is 22.0 Å². The highest BCUT2D eigenvalue weighted by atomic mass is 79.9. The van der Waals surface area contributed by atoms with Crippen molar-refractivity contribution >= 4 is 27.5 Å². The van der Waals surface area contributed by atoms with Crippen LogP contribution >= 0.6 is 15.9 Å². The van der Waals surface area contributed by atoms with Crippen LogP contribution in [0.5, 0.6) is 0 Å². The third kappa shape index (κ3) is 2.83. The summed E-state index contributed by atoms with van der Waals surface area (Å²) in [4.78, 5) is 11.7. The maximum absolute atomic E-state index is 13.5. The van der Waals surface area contributed by atoms with Crippen LogP contribution < -0.4 is 5.32 Å². The molecule has 0 radical (unpaired) electrons. The molecule has 1 aromatic carbocycles. The molecule has 1 N–H and O–H groups in total. The molecule has 1 aromatic rings. The number of carbonyl (C=O) groups excluding carboxylic acids is 1. The minimum absolute atomic E-state index is 0.0447. The summed E-state index contributed by atoms with van der Waals surface area (Å²) in [6.45, 7) is 1.81. The zero-order valence-corrected chi connectivity index (χ0v) is 10.9. The highest BCUT2D eigenvalue weighted by Crippen LogP contribution is 2.37. The van der Waals surface area contributed by atoms with Gasteiger partial charge in [0, 0.05) is 12.0 Å². The van der Waals surface area contributed by atoms with E-state index >= 15 is 0 Å². The summed E-state index contributed by atoms with van der Waals surface area (Å²) in [5.74, 6) is -1.26. The number of benzene rings is 1. The van der Waals surface area contributed by atoms with Gasteiger partial charge in [0.1, 0.15) is 11.6 Å². The Morgan fingerprint density at radius 2 is 2.06 bits per heavy atom. The second-order valence-corrected chi connectivity index (χ2v) is 5.22. The van der Waals surface area contributed by atoms with Crippen molar-refractivity contribution in [3.05, 3.63) is 28.2 Å². The standard InChI is InChI=1S/C12H12BrF2NO/c1-6(7-2-3-7)12(17)16-11-5-9(14)8(13)4-10(11)15/h4-7H,2-3H2,1H3,(H,16,17).